The molecule has 10 heteroatoms. The molecule has 1 aliphatic heterocycles. The molecule has 0 bridgehead atoms. The van der Waals surface area contributed by atoms with Crippen LogP contribution < -0.4 is 4.90 Å². The van der Waals surface area contributed by atoms with Gasteiger partial charge in [-0.15, -0.1) is 0 Å². The molecule has 0 radical (unpaired) electrons. The zero-order valence-electron chi connectivity index (χ0n) is 28.1. The van der Waals surface area contributed by atoms with Crippen LogP contribution in [0.3, 0.4) is 0 Å². The van der Waals surface area contributed by atoms with Crippen LogP contribution >= 0.6 is 0 Å². The zero-order valence-corrected chi connectivity index (χ0v) is 28.9. The fraction of sp³-hybridized carbons (Fsp3) is 0.231. The molecule has 4 heterocycles. The van der Waals surface area contributed by atoms with Crippen molar-refractivity contribution in [2.45, 2.75) is 25.3 Å². The highest BCUT2D eigenvalue weighted by Gasteiger charge is 2.24. The Bertz CT molecular complexity index is 2230. The molecule has 7 rings (SSSR count). The highest BCUT2D eigenvalue weighted by molar-refractivity contribution is 7.90. The number of carbonyl (C=O) groups excluding carboxylic acids is 1. The Morgan fingerprint density at radius 1 is 0.878 bits per heavy atom. The van der Waals surface area contributed by atoms with Crippen molar-refractivity contribution in [3.63, 3.8) is 0 Å². The minimum atomic E-state index is -3.96. The van der Waals surface area contributed by atoms with Gasteiger partial charge in [0, 0.05) is 85.5 Å². The number of nitrogens with zero attached hydrogens (tertiary/aromatic N) is 5. The third-order valence-corrected chi connectivity index (χ3v) is 11.0. The van der Waals surface area contributed by atoms with Crippen LogP contribution in [0.5, 0.6) is 0 Å². The second-order valence-corrected chi connectivity index (χ2v) is 14.7. The highest BCUT2D eigenvalue weighted by atomic mass is 32.2. The largest absolute Gasteiger partial charge is 0.472 e. The number of aromatic nitrogens is 2. The number of fused-ring (bicyclic) bond motifs is 1. The summed E-state index contributed by atoms with van der Waals surface area (Å²) in [6.45, 7) is 8.52. The molecule has 0 saturated carbocycles. The summed E-state index contributed by atoms with van der Waals surface area (Å²) in [7, 11) is -0.0537. The summed E-state index contributed by atoms with van der Waals surface area (Å²) in [6, 6.07) is 24.4. The molecular formula is C39H39N5O4S. The van der Waals surface area contributed by atoms with Gasteiger partial charge in [0.25, 0.3) is 15.9 Å². The summed E-state index contributed by atoms with van der Waals surface area (Å²) < 4.78 is 34.5. The highest BCUT2D eigenvalue weighted by Crippen LogP contribution is 2.36. The third-order valence-electron chi connectivity index (χ3n) is 9.35. The average Bonchev–Trinajstić information content (AvgIpc) is 3.77. The lowest BCUT2D eigenvalue weighted by Crippen LogP contribution is -2.44. The van der Waals surface area contributed by atoms with E-state index in [2.05, 4.69) is 42.0 Å². The number of rotatable bonds is 8. The number of amides is 1. The quantitative estimate of drug-likeness (QED) is 0.175. The molecule has 1 fully saturated rings. The standard InChI is InChI=1S/C39H39N5O4S/c1-27-5-12-34(13-6-27)49(46,47)44-25-36(30-7-9-31(10-8-30)39(45)42(4)24-29-15-20-48-26-29)35-22-33(23-40-38(35)44)32-11-14-37(28(2)21-32)43-18-16-41(3)17-19-43/h5-15,20-23,25-26H,16-19,24H2,1-4H3. The second kappa shape index (κ2) is 13.0. The van der Waals surface area contributed by atoms with Gasteiger partial charge in [0.1, 0.15) is 0 Å². The molecule has 49 heavy (non-hydrogen) atoms. The van der Waals surface area contributed by atoms with Gasteiger partial charge in [-0.2, -0.15) is 0 Å². The Morgan fingerprint density at radius 2 is 1.59 bits per heavy atom. The number of benzene rings is 3. The van der Waals surface area contributed by atoms with Crippen LogP contribution in [-0.2, 0) is 16.6 Å². The Labute approximate surface area is 287 Å². The molecule has 3 aromatic carbocycles. The van der Waals surface area contributed by atoms with E-state index in [9.17, 15) is 13.2 Å². The number of pyridine rings is 1. The molecule has 250 valence electrons. The minimum Gasteiger partial charge on any atom is -0.472 e. The van der Waals surface area contributed by atoms with Gasteiger partial charge >= 0.3 is 0 Å². The fourth-order valence-corrected chi connectivity index (χ4v) is 7.78. The molecule has 9 nitrogen and oxygen atoms in total. The first-order valence-corrected chi connectivity index (χ1v) is 17.8. The molecular weight excluding hydrogens is 635 g/mol. The van der Waals surface area contributed by atoms with Crippen molar-refractivity contribution < 1.29 is 17.6 Å². The van der Waals surface area contributed by atoms with Gasteiger partial charge < -0.3 is 19.1 Å². The number of carbonyl (C=O) groups is 1. The predicted molar refractivity (Wildman–Crippen MR) is 193 cm³/mol. The van der Waals surface area contributed by atoms with E-state index in [4.69, 9.17) is 9.40 Å². The minimum absolute atomic E-state index is 0.128. The van der Waals surface area contributed by atoms with Crippen molar-refractivity contribution >= 4 is 32.7 Å². The molecule has 0 N–H and O–H groups in total. The Morgan fingerprint density at radius 3 is 2.27 bits per heavy atom. The van der Waals surface area contributed by atoms with Crippen LogP contribution in [0.2, 0.25) is 0 Å². The van der Waals surface area contributed by atoms with E-state index in [1.807, 2.05) is 31.2 Å². The maximum Gasteiger partial charge on any atom is 0.269 e. The van der Waals surface area contributed by atoms with Gasteiger partial charge in [0.2, 0.25) is 0 Å². The first-order chi connectivity index (χ1) is 23.6. The summed E-state index contributed by atoms with van der Waals surface area (Å²) in [5, 5.41) is 0.699. The SMILES string of the molecule is Cc1ccc(S(=O)(=O)n2cc(-c3ccc(C(=O)N(C)Cc4ccoc4)cc3)c3cc(-c4ccc(N5CCN(C)CC5)c(C)c4)cnc32)cc1. The molecule has 6 aromatic rings. The smallest absolute Gasteiger partial charge is 0.269 e. The molecule has 0 spiro atoms. The number of hydrogen-bond acceptors (Lipinski definition) is 7. The van der Waals surface area contributed by atoms with Gasteiger partial charge in [-0.25, -0.2) is 17.4 Å². The number of furan rings is 1. The van der Waals surface area contributed by atoms with Crippen LogP contribution in [0.4, 0.5) is 5.69 Å². The Kier molecular flexibility index (Phi) is 8.60. The van der Waals surface area contributed by atoms with Gasteiger partial charge in [-0.3, -0.25) is 4.79 Å². The molecule has 0 unspecified atom stereocenters. The molecule has 0 atom stereocenters. The summed E-state index contributed by atoms with van der Waals surface area (Å²) in [5.41, 5.74) is 8.53. The molecule has 1 saturated heterocycles. The van der Waals surface area contributed by atoms with Crippen LogP contribution in [0, 0.1) is 13.8 Å². The van der Waals surface area contributed by atoms with Crippen molar-refractivity contribution in [2.75, 3.05) is 45.2 Å². The lowest BCUT2D eigenvalue weighted by Gasteiger charge is -2.35. The van der Waals surface area contributed by atoms with Gasteiger partial charge in [0.15, 0.2) is 5.65 Å². The van der Waals surface area contributed by atoms with Crippen molar-refractivity contribution in [2.24, 2.45) is 0 Å². The first-order valence-electron chi connectivity index (χ1n) is 16.3. The summed E-state index contributed by atoms with van der Waals surface area (Å²) >= 11 is 0. The van der Waals surface area contributed by atoms with E-state index in [-0.39, 0.29) is 10.8 Å². The van der Waals surface area contributed by atoms with Crippen LogP contribution in [0.15, 0.2) is 113 Å². The third kappa shape index (κ3) is 6.37. The number of piperazine rings is 1. The van der Waals surface area contributed by atoms with E-state index in [0.29, 0.717) is 28.7 Å². The van der Waals surface area contributed by atoms with E-state index in [1.54, 1.807) is 73.3 Å². The Balaban J connectivity index is 1.28. The second-order valence-electron chi connectivity index (χ2n) is 12.9. The fourth-order valence-electron chi connectivity index (χ4n) is 6.45. The van der Waals surface area contributed by atoms with Gasteiger partial charge in [-0.1, -0.05) is 35.9 Å². The van der Waals surface area contributed by atoms with Crippen molar-refractivity contribution in [1.82, 2.24) is 18.8 Å². The molecule has 3 aromatic heterocycles. The number of hydrogen-bond donors (Lipinski definition) is 0. The summed E-state index contributed by atoms with van der Waals surface area (Å²) in [6.07, 6.45) is 6.59. The van der Waals surface area contributed by atoms with Crippen molar-refractivity contribution in [3.05, 3.63) is 126 Å². The maximum absolute atomic E-state index is 14.0. The van der Waals surface area contributed by atoms with E-state index < -0.39 is 10.0 Å². The van der Waals surface area contributed by atoms with Gasteiger partial charge in [-0.05, 0) is 86.1 Å². The molecule has 1 amide bonds. The topological polar surface area (TPSA) is 91.9 Å². The zero-order chi connectivity index (χ0) is 34.3. The number of anilines is 1. The van der Waals surface area contributed by atoms with Crippen molar-refractivity contribution in [1.29, 1.82) is 0 Å². The monoisotopic (exact) mass is 673 g/mol. The summed E-state index contributed by atoms with van der Waals surface area (Å²) in [4.78, 5) is 24.6. The van der Waals surface area contributed by atoms with E-state index in [0.717, 1.165) is 54.0 Å². The lowest BCUT2D eigenvalue weighted by molar-refractivity contribution is 0.0785. The van der Waals surface area contributed by atoms with Crippen LogP contribution in [-0.4, -0.2) is 73.4 Å². The Hall–Kier alpha value is -5.19. The number of aryl methyl sites for hydroxylation is 2. The van der Waals surface area contributed by atoms with Crippen LogP contribution in [0.25, 0.3) is 33.3 Å². The summed E-state index contributed by atoms with van der Waals surface area (Å²) in [5.74, 6) is -0.128. The normalized spacial score (nSPS) is 14.0. The maximum atomic E-state index is 14.0. The molecule has 0 aliphatic carbocycles. The first kappa shape index (κ1) is 32.4. The van der Waals surface area contributed by atoms with E-state index in [1.165, 1.54) is 15.2 Å². The number of likely N-dealkylation sites (N-methyl/N-ethyl adjacent to an activating group) is 1. The van der Waals surface area contributed by atoms with Gasteiger partial charge in [0.05, 0.1) is 17.4 Å². The predicted octanol–water partition coefficient (Wildman–Crippen LogP) is 6.84. The average molecular weight is 674 g/mol. The van der Waals surface area contributed by atoms with Crippen molar-refractivity contribution in [3.8, 4) is 22.3 Å². The lowest BCUT2D eigenvalue weighted by atomic mass is 9.99. The van der Waals surface area contributed by atoms with E-state index >= 15 is 0 Å². The molecule has 1 aliphatic rings. The van der Waals surface area contributed by atoms with Crippen LogP contribution in [0.1, 0.15) is 27.0 Å².